The van der Waals surface area contributed by atoms with E-state index in [1.54, 1.807) is 5.56 Å². The average molecular weight is 266 g/mol. The van der Waals surface area contributed by atoms with Crippen LogP contribution in [0, 0.1) is 5.92 Å². The van der Waals surface area contributed by atoms with Crippen molar-refractivity contribution in [2.75, 3.05) is 11.9 Å². The number of anilines is 1. The lowest BCUT2D eigenvalue weighted by Crippen LogP contribution is -2.26. The first kappa shape index (κ1) is 9.71. The van der Waals surface area contributed by atoms with E-state index in [9.17, 15) is 0 Å². The molecule has 3 rings (SSSR count). The number of fused-ring (bicyclic) bond motifs is 1. The van der Waals surface area contributed by atoms with Crippen molar-refractivity contribution in [1.29, 1.82) is 0 Å². The maximum absolute atomic E-state index is 3.54. The zero-order valence-corrected chi connectivity index (χ0v) is 10.4. The first-order valence-electron chi connectivity index (χ1n) is 5.88. The molecule has 1 unspecified atom stereocenters. The largest absolute Gasteiger partial charge is 0.385 e. The second-order valence-corrected chi connectivity index (χ2v) is 5.66. The van der Waals surface area contributed by atoms with Gasteiger partial charge in [0.15, 0.2) is 0 Å². The van der Waals surface area contributed by atoms with Gasteiger partial charge in [-0.05, 0) is 48.8 Å². The number of halogens is 1. The quantitative estimate of drug-likeness (QED) is 0.805. The molecule has 1 saturated carbocycles. The lowest BCUT2D eigenvalue weighted by Gasteiger charge is -2.38. The molecule has 2 heteroatoms. The van der Waals surface area contributed by atoms with Crippen LogP contribution in [0.5, 0.6) is 0 Å². The molecule has 1 aromatic carbocycles. The van der Waals surface area contributed by atoms with Gasteiger partial charge in [0.2, 0.25) is 0 Å². The summed E-state index contributed by atoms with van der Waals surface area (Å²) in [7, 11) is 0. The van der Waals surface area contributed by atoms with E-state index in [0.29, 0.717) is 0 Å². The van der Waals surface area contributed by atoms with E-state index in [-0.39, 0.29) is 0 Å². The fourth-order valence-electron chi connectivity index (χ4n) is 2.85. The molecule has 1 aromatic rings. The summed E-state index contributed by atoms with van der Waals surface area (Å²) >= 11 is 3.54. The Hall–Kier alpha value is -0.500. The summed E-state index contributed by atoms with van der Waals surface area (Å²) in [5, 5.41) is 3.51. The van der Waals surface area contributed by atoms with Crippen molar-refractivity contribution in [3.05, 3.63) is 28.2 Å². The highest BCUT2D eigenvalue weighted by molar-refractivity contribution is 9.10. The molecule has 1 heterocycles. The smallest absolute Gasteiger partial charge is 0.0387 e. The van der Waals surface area contributed by atoms with Crippen LogP contribution in [0.25, 0.3) is 0 Å². The van der Waals surface area contributed by atoms with Crippen LogP contribution in [0.1, 0.15) is 37.2 Å². The predicted molar refractivity (Wildman–Crippen MR) is 67.3 cm³/mol. The Bertz CT molecular complexity index is 371. The summed E-state index contributed by atoms with van der Waals surface area (Å²) in [6, 6.07) is 6.70. The third kappa shape index (κ3) is 1.69. The second kappa shape index (κ2) is 3.82. The van der Waals surface area contributed by atoms with Crippen molar-refractivity contribution in [1.82, 2.24) is 0 Å². The minimum atomic E-state index is 0.822. The van der Waals surface area contributed by atoms with Gasteiger partial charge in [-0.3, -0.25) is 0 Å². The van der Waals surface area contributed by atoms with E-state index < -0.39 is 0 Å². The molecule has 0 amide bonds. The third-order valence-electron chi connectivity index (χ3n) is 3.90. The van der Waals surface area contributed by atoms with Gasteiger partial charge in [-0.25, -0.2) is 0 Å². The topological polar surface area (TPSA) is 12.0 Å². The van der Waals surface area contributed by atoms with Gasteiger partial charge in [0, 0.05) is 16.7 Å². The van der Waals surface area contributed by atoms with Crippen molar-refractivity contribution in [2.45, 2.75) is 31.6 Å². The minimum Gasteiger partial charge on any atom is -0.385 e. The van der Waals surface area contributed by atoms with E-state index in [1.165, 1.54) is 35.8 Å². The number of rotatable bonds is 1. The highest BCUT2D eigenvalue weighted by Gasteiger charge is 2.31. The first-order valence-corrected chi connectivity index (χ1v) is 6.67. The van der Waals surface area contributed by atoms with Crippen LogP contribution in [0.2, 0.25) is 0 Å². The summed E-state index contributed by atoms with van der Waals surface area (Å²) in [4.78, 5) is 0. The third-order valence-corrected chi connectivity index (χ3v) is 4.40. The van der Waals surface area contributed by atoms with Gasteiger partial charge in [-0.2, -0.15) is 0 Å². The van der Waals surface area contributed by atoms with E-state index >= 15 is 0 Å². The Balaban J connectivity index is 1.95. The van der Waals surface area contributed by atoms with Gasteiger partial charge in [-0.15, -0.1) is 0 Å². The standard InChI is InChI=1S/C13H16BrN/c14-10-4-5-12-11(9-2-1-3-9)6-7-15-13(12)8-10/h4-5,8-9,11,15H,1-3,6-7H2. The molecular formula is C13H16BrN. The van der Waals surface area contributed by atoms with E-state index in [2.05, 4.69) is 39.4 Å². The molecular weight excluding hydrogens is 250 g/mol. The molecule has 15 heavy (non-hydrogen) atoms. The molecule has 0 spiro atoms. The van der Waals surface area contributed by atoms with Gasteiger partial charge < -0.3 is 5.32 Å². The Morgan fingerprint density at radius 1 is 1.20 bits per heavy atom. The Morgan fingerprint density at radius 3 is 2.80 bits per heavy atom. The number of nitrogens with one attached hydrogen (secondary N) is 1. The van der Waals surface area contributed by atoms with Gasteiger partial charge in [0.1, 0.15) is 0 Å². The van der Waals surface area contributed by atoms with E-state index in [0.717, 1.165) is 18.4 Å². The lowest BCUT2D eigenvalue weighted by molar-refractivity contribution is 0.252. The molecule has 0 saturated heterocycles. The Kier molecular flexibility index (Phi) is 2.47. The maximum atomic E-state index is 3.54. The fourth-order valence-corrected chi connectivity index (χ4v) is 3.22. The monoisotopic (exact) mass is 265 g/mol. The lowest BCUT2D eigenvalue weighted by atomic mass is 9.70. The van der Waals surface area contributed by atoms with Crippen LogP contribution in [0.4, 0.5) is 5.69 Å². The van der Waals surface area contributed by atoms with Crippen molar-refractivity contribution >= 4 is 21.6 Å². The van der Waals surface area contributed by atoms with Crippen LogP contribution < -0.4 is 5.32 Å². The van der Waals surface area contributed by atoms with Gasteiger partial charge in [0.05, 0.1) is 0 Å². The molecule has 0 bridgehead atoms. The normalized spacial score (nSPS) is 25.3. The number of hydrogen-bond donors (Lipinski definition) is 1. The summed E-state index contributed by atoms with van der Waals surface area (Å²) < 4.78 is 1.18. The van der Waals surface area contributed by atoms with Crippen molar-refractivity contribution in [3.8, 4) is 0 Å². The van der Waals surface area contributed by atoms with Crippen LogP contribution in [-0.4, -0.2) is 6.54 Å². The van der Waals surface area contributed by atoms with Crippen LogP contribution in [0.3, 0.4) is 0 Å². The van der Waals surface area contributed by atoms with Crippen LogP contribution >= 0.6 is 15.9 Å². The van der Waals surface area contributed by atoms with Gasteiger partial charge in [-0.1, -0.05) is 28.4 Å². The van der Waals surface area contributed by atoms with Crippen LogP contribution in [0.15, 0.2) is 22.7 Å². The summed E-state index contributed by atoms with van der Waals surface area (Å²) in [5.41, 5.74) is 2.90. The Labute approximate surface area is 99.4 Å². The number of hydrogen-bond acceptors (Lipinski definition) is 1. The highest BCUT2D eigenvalue weighted by atomic mass is 79.9. The summed E-state index contributed by atoms with van der Waals surface area (Å²) in [6.45, 7) is 1.14. The minimum absolute atomic E-state index is 0.822. The van der Waals surface area contributed by atoms with Gasteiger partial charge in [0.25, 0.3) is 0 Å². The second-order valence-electron chi connectivity index (χ2n) is 4.74. The molecule has 1 N–H and O–H groups in total. The van der Waals surface area contributed by atoms with Crippen LogP contribution in [-0.2, 0) is 0 Å². The molecule has 80 valence electrons. The predicted octanol–water partition coefficient (Wildman–Crippen LogP) is 4.15. The summed E-state index contributed by atoms with van der Waals surface area (Å²) in [6.07, 6.45) is 5.65. The Morgan fingerprint density at radius 2 is 2.07 bits per heavy atom. The molecule has 1 aliphatic heterocycles. The summed E-state index contributed by atoms with van der Waals surface area (Å²) in [5.74, 6) is 1.79. The van der Waals surface area contributed by atoms with E-state index in [4.69, 9.17) is 0 Å². The molecule has 1 nitrogen and oxygen atoms in total. The molecule has 0 aromatic heterocycles. The zero-order chi connectivity index (χ0) is 10.3. The molecule has 1 aliphatic carbocycles. The molecule has 0 radical (unpaired) electrons. The molecule has 1 atom stereocenters. The maximum Gasteiger partial charge on any atom is 0.0387 e. The zero-order valence-electron chi connectivity index (χ0n) is 8.80. The SMILES string of the molecule is Brc1ccc2c(c1)NCCC2C1CCC1. The molecule has 2 aliphatic rings. The van der Waals surface area contributed by atoms with E-state index in [1.807, 2.05) is 0 Å². The molecule has 1 fully saturated rings. The van der Waals surface area contributed by atoms with Crippen molar-refractivity contribution in [2.24, 2.45) is 5.92 Å². The van der Waals surface area contributed by atoms with Crippen molar-refractivity contribution < 1.29 is 0 Å². The van der Waals surface area contributed by atoms with Crippen molar-refractivity contribution in [3.63, 3.8) is 0 Å². The van der Waals surface area contributed by atoms with Gasteiger partial charge >= 0.3 is 0 Å². The number of benzene rings is 1. The fraction of sp³-hybridized carbons (Fsp3) is 0.538. The first-order chi connectivity index (χ1) is 7.34. The highest BCUT2D eigenvalue weighted by Crippen LogP contribution is 2.45. The average Bonchev–Trinajstić information content (AvgIpc) is 2.15.